The van der Waals surface area contributed by atoms with Crippen LogP contribution in [0.2, 0.25) is 0 Å². The van der Waals surface area contributed by atoms with Crippen molar-refractivity contribution in [1.82, 2.24) is 4.98 Å². The van der Waals surface area contributed by atoms with Crippen LogP contribution < -0.4 is 0 Å². The summed E-state index contributed by atoms with van der Waals surface area (Å²) in [7, 11) is 0. The van der Waals surface area contributed by atoms with E-state index in [1.807, 2.05) is 12.1 Å². The number of benzene rings is 3. The van der Waals surface area contributed by atoms with Crippen LogP contribution in [0.15, 0.2) is 85.1 Å². The van der Waals surface area contributed by atoms with Crippen molar-refractivity contribution in [2.75, 3.05) is 0 Å². The average molecular weight is 409 g/mol. The molecule has 0 aliphatic rings. The smallest absolute Gasteiger partial charge is 0.433 e. The fraction of sp³-hybridized carbons (Fsp3) is 0.0417. The molecule has 1 heterocycles. The Labute approximate surface area is 170 Å². The number of aromatic hydroxyl groups is 1. The first-order valence-electron chi connectivity index (χ1n) is 9.04. The predicted molar refractivity (Wildman–Crippen MR) is 107 cm³/mol. The topological polar surface area (TPSA) is 33.1 Å². The van der Waals surface area contributed by atoms with Crippen LogP contribution in [0.4, 0.5) is 17.6 Å². The largest absolute Gasteiger partial charge is 0.508 e. The van der Waals surface area contributed by atoms with Crippen molar-refractivity contribution in [3.8, 4) is 39.1 Å². The Balaban J connectivity index is 1.88. The number of rotatable bonds is 3. The summed E-state index contributed by atoms with van der Waals surface area (Å²) in [5, 5.41) is 9.56. The number of aromatic nitrogens is 1. The molecule has 30 heavy (non-hydrogen) atoms. The van der Waals surface area contributed by atoms with Gasteiger partial charge in [0.15, 0.2) is 0 Å². The molecular formula is C24H15F4NO. The van der Waals surface area contributed by atoms with Crippen molar-refractivity contribution in [2.24, 2.45) is 0 Å². The third kappa shape index (κ3) is 4.03. The maximum absolute atomic E-state index is 13.7. The molecule has 0 fully saturated rings. The molecule has 0 saturated carbocycles. The van der Waals surface area contributed by atoms with Gasteiger partial charge >= 0.3 is 6.18 Å². The number of halogens is 4. The Morgan fingerprint density at radius 3 is 1.97 bits per heavy atom. The standard InChI is InChI=1S/C24H15F4NO/c25-19-3-1-2-16(12-19)17-6-10-21(15-4-8-20(30)9-5-15)22(13-17)18-7-11-23(29-14-18)24(26,27)28/h1-14,30H. The third-order valence-corrected chi connectivity index (χ3v) is 4.72. The first-order valence-corrected chi connectivity index (χ1v) is 9.04. The summed E-state index contributed by atoms with van der Waals surface area (Å²) in [6.07, 6.45) is -3.35. The minimum Gasteiger partial charge on any atom is -0.508 e. The summed E-state index contributed by atoms with van der Waals surface area (Å²) in [5.74, 6) is -0.277. The average Bonchev–Trinajstić information content (AvgIpc) is 2.73. The van der Waals surface area contributed by atoms with E-state index in [4.69, 9.17) is 0 Å². The van der Waals surface area contributed by atoms with Gasteiger partial charge in [0.05, 0.1) is 0 Å². The minimum absolute atomic E-state index is 0.105. The molecular weight excluding hydrogens is 394 g/mol. The van der Waals surface area contributed by atoms with Crippen LogP contribution >= 0.6 is 0 Å². The molecule has 6 heteroatoms. The highest BCUT2D eigenvalue weighted by Crippen LogP contribution is 2.37. The van der Waals surface area contributed by atoms with Crippen LogP contribution in [0.25, 0.3) is 33.4 Å². The molecule has 4 rings (SSSR count). The number of pyridine rings is 1. The van der Waals surface area contributed by atoms with E-state index in [-0.39, 0.29) is 11.6 Å². The molecule has 0 unspecified atom stereocenters. The van der Waals surface area contributed by atoms with E-state index in [9.17, 15) is 22.7 Å². The fourth-order valence-corrected chi connectivity index (χ4v) is 3.24. The van der Waals surface area contributed by atoms with Gasteiger partial charge in [-0.1, -0.05) is 42.5 Å². The highest BCUT2D eigenvalue weighted by molar-refractivity contribution is 5.87. The van der Waals surface area contributed by atoms with Crippen molar-refractivity contribution in [1.29, 1.82) is 0 Å². The van der Waals surface area contributed by atoms with E-state index < -0.39 is 11.9 Å². The zero-order chi connectivity index (χ0) is 21.3. The first-order chi connectivity index (χ1) is 14.3. The molecule has 3 aromatic carbocycles. The van der Waals surface area contributed by atoms with Gasteiger partial charge in [-0.25, -0.2) is 4.39 Å². The molecule has 0 saturated heterocycles. The van der Waals surface area contributed by atoms with Crippen LogP contribution in [0.5, 0.6) is 5.75 Å². The lowest BCUT2D eigenvalue weighted by Crippen LogP contribution is -2.07. The van der Waals surface area contributed by atoms with Gasteiger partial charge < -0.3 is 5.11 Å². The maximum atomic E-state index is 13.7. The molecule has 0 atom stereocenters. The Morgan fingerprint density at radius 2 is 1.33 bits per heavy atom. The van der Waals surface area contributed by atoms with Crippen molar-refractivity contribution >= 4 is 0 Å². The normalized spacial score (nSPS) is 11.5. The maximum Gasteiger partial charge on any atom is 0.433 e. The number of phenolic OH excluding ortho intramolecular Hbond substituents is 1. The summed E-state index contributed by atoms with van der Waals surface area (Å²) < 4.78 is 52.4. The van der Waals surface area contributed by atoms with Gasteiger partial charge in [0.1, 0.15) is 17.3 Å². The van der Waals surface area contributed by atoms with E-state index in [2.05, 4.69) is 4.98 Å². The second-order valence-electron chi connectivity index (χ2n) is 6.75. The lowest BCUT2D eigenvalue weighted by molar-refractivity contribution is -0.141. The van der Waals surface area contributed by atoms with Crippen molar-refractivity contribution < 1.29 is 22.7 Å². The lowest BCUT2D eigenvalue weighted by atomic mass is 9.91. The van der Waals surface area contributed by atoms with E-state index in [1.165, 1.54) is 36.5 Å². The second-order valence-corrected chi connectivity index (χ2v) is 6.75. The van der Waals surface area contributed by atoms with Gasteiger partial charge in [-0.3, -0.25) is 4.98 Å². The Kier molecular flexibility index (Phi) is 4.99. The number of alkyl halides is 3. The van der Waals surface area contributed by atoms with Crippen molar-refractivity contribution in [3.63, 3.8) is 0 Å². The highest BCUT2D eigenvalue weighted by atomic mass is 19.4. The Hall–Kier alpha value is -3.67. The Morgan fingerprint density at radius 1 is 0.667 bits per heavy atom. The molecule has 0 aliphatic heterocycles. The second kappa shape index (κ2) is 7.63. The number of nitrogens with zero attached hydrogens (tertiary/aromatic N) is 1. The zero-order valence-corrected chi connectivity index (χ0v) is 15.5. The lowest BCUT2D eigenvalue weighted by Gasteiger charge is -2.14. The van der Waals surface area contributed by atoms with Crippen LogP contribution in [-0.2, 0) is 6.18 Å². The molecule has 0 spiro atoms. The molecule has 150 valence electrons. The summed E-state index contributed by atoms with van der Waals surface area (Å²) in [4.78, 5) is 3.57. The van der Waals surface area contributed by atoms with Crippen LogP contribution in [0, 0.1) is 5.82 Å². The van der Waals surface area contributed by atoms with E-state index in [1.54, 1.807) is 30.3 Å². The quantitative estimate of drug-likeness (QED) is 0.372. The summed E-state index contributed by atoms with van der Waals surface area (Å²) in [5.41, 5.74) is 3.04. The van der Waals surface area contributed by atoms with Crippen LogP contribution in [-0.4, -0.2) is 10.1 Å². The minimum atomic E-state index is -4.53. The SMILES string of the molecule is Oc1ccc(-c2ccc(-c3cccc(F)c3)cc2-c2ccc(C(F)(F)F)nc2)cc1. The van der Waals surface area contributed by atoms with Gasteiger partial charge in [-0.2, -0.15) is 13.2 Å². The van der Waals surface area contributed by atoms with Gasteiger partial charge in [0.25, 0.3) is 0 Å². The number of hydrogen-bond acceptors (Lipinski definition) is 2. The first kappa shape index (κ1) is 19.6. The number of hydrogen-bond donors (Lipinski definition) is 1. The third-order valence-electron chi connectivity index (χ3n) is 4.72. The van der Waals surface area contributed by atoms with E-state index in [0.717, 1.165) is 17.2 Å². The monoisotopic (exact) mass is 409 g/mol. The van der Waals surface area contributed by atoms with Crippen molar-refractivity contribution in [3.05, 3.63) is 96.6 Å². The van der Waals surface area contributed by atoms with Gasteiger partial charge in [0.2, 0.25) is 0 Å². The van der Waals surface area contributed by atoms with Gasteiger partial charge in [0, 0.05) is 11.8 Å². The van der Waals surface area contributed by atoms with Gasteiger partial charge in [-0.15, -0.1) is 0 Å². The molecule has 4 aromatic rings. The predicted octanol–water partition coefficient (Wildman–Crippen LogP) is 6.95. The summed E-state index contributed by atoms with van der Waals surface area (Å²) in [6, 6.07) is 20.3. The van der Waals surface area contributed by atoms with Crippen LogP contribution in [0.3, 0.4) is 0 Å². The van der Waals surface area contributed by atoms with Gasteiger partial charge in [-0.05, 0) is 64.2 Å². The van der Waals surface area contributed by atoms with Crippen molar-refractivity contribution in [2.45, 2.75) is 6.18 Å². The van der Waals surface area contributed by atoms with E-state index in [0.29, 0.717) is 22.3 Å². The number of phenols is 1. The molecule has 0 bridgehead atoms. The molecule has 0 amide bonds. The molecule has 1 N–H and O–H groups in total. The van der Waals surface area contributed by atoms with Crippen LogP contribution in [0.1, 0.15) is 5.69 Å². The van der Waals surface area contributed by atoms with E-state index >= 15 is 0 Å². The zero-order valence-electron chi connectivity index (χ0n) is 15.5. The highest BCUT2D eigenvalue weighted by Gasteiger charge is 2.32. The fourth-order valence-electron chi connectivity index (χ4n) is 3.24. The molecule has 0 radical (unpaired) electrons. The Bertz CT molecular complexity index is 1180. The molecule has 0 aliphatic carbocycles. The molecule has 2 nitrogen and oxygen atoms in total. The summed E-state index contributed by atoms with van der Waals surface area (Å²) >= 11 is 0. The molecule has 1 aromatic heterocycles. The summed E-state index contributed by atoms with van der Waals surface area (Å²) in [6.45, 7) is 0.